The van der Waals surface area contributed by atoms with Crippen LogP contribution in [0.15, 0.2) is 30.5 Å². The molecule has 0 aliphatic carbocycles. The molecule has 0 saturated heterocycles. The molecular weight excluding hydrogens is 186 g/mol. The van der Waals surface area contributed by atoms with Crippen LogP contribution < -0.4 is 11.1 Å². The fourth-order valence-electron chi connectivity index (χ4n) is 1.67. The highest BCUT2D eigenvalue weighted by molar-refractivity contribution is 5.82. The molecule has 15 heavy (non-hydrogen) atoms. The van der Waals surface area contributed by atoms with E-state index >= 15 is 0 Å². The monoisotopic (exact) mass is 203 g/mol. The quantitative estimate of drug-likeness (QED) is 0.707. The summed E-state index contributed by atoms with van der Waals surface area (Å²) in [5, 5.41) is 4.68. The summed E-state index contributed by atoms with van der Waals surface area (Å²) in [6, 6.07) is 8.78. The predicted octanol–water partition coefficient (Wildman–Crippen LogP) is 1.60. The van der Waals surface area contributed by atoms with E-state index in [2.05, 4.69) is 41.5 Å². The Morgan fingerprint density at radius 2 is 2.27 bits per heavy atom. The fraction of sp³-hybridized carbons (Fsp3) is 0.333. The summed E-state index contributed by atoms with van der Waals surface area (Å²) in [5.41, 5.74) is 8.06. The minimum atomic E-state index is 0.360. The van der Waals surface area contributed by atoms with E-state index in [1.165, 1.54) is 16.5 Å². The third kappa shape index (κ3) is 2.19. The lowest BCUT2D eigenvalue weighted by Gasteiger charge is -2.11. The van der Waals surface area contributed by atoms with Gasteiger partial charge < -0.3 is 16.0 Å². The second-order valence-corrected chi connectivity index (χ2v) is 3.87. The van der Waals surface area contributed by atoms with Gasteiger partial charge in [-0.15, -0.1) is 0 Å². The summed E-state index contributed by atoms with van der Waals surface area (Å²) in [6.45, 7) is 3.63. The standard InChI is InChI=1S/C12H17N3/c1-9(7-13)15-8-10-3-2-4-12-11(10)5-6-14-12/h2-6,9,14-15H,7-8,13H2,1H3/t9-/m1/s1. The molecule has 0 saturated carbocycles. The molecule has 80 valence electrons. The Bertz CT molecular complexity index is 433. The molecule has 0 bridgehead atoms. The topological polar surface area (TPSA) is 53.8 Å². The van der Waals surface area contributed by atoms with Crippen molar-refractivity contribution in [3.05, 3.63) is 36.0 Å². The van der Waals surface area contributed by atoms with E-state index in [1.54, 1.807) is 0 Å². The Morgan fingerprint density at radius 1 is 1.40 bits per heavy atom. The van der Waals surface area contributed by atoms with Crippen molar-refractivity contribution < 1.29 is 0 Å². The van der Waals surface area contributed by atoms with Gasteiger partial charge in [-0.05, 0) is 24.6 Å². The molecule has 1 atom stereocenters. The molecule has 3 nitrogen and oxygen atoms in total. The molecule has 2 aromatic rings. The Kier molecular flexibility index (Phi) is 3.04. The van der Waals surface area contributed by atoms with Gasteiger partial charge in [0, 0.05) is 36.2 Å². The lowest BCUT2D eigenvalue weighted by Crippen LogP contribution is -2.32. The maximum atomic E-state index is 5.56. The van der Waals surface area contributed by atoms with Crippen molar-refractivity contribution in [2.45, 2.75) is 19.5 Å². The first-order valence-corrected chi connectivity index (χ1v) is 5.29. The van der Waals surface area contributed by atoms with Crippen molar-refractivity contribution in [1.29, 1.82) is 0 Å². The molecule has 0 unspecified atom stereocenters. The maximum absolute atomic E-state index is 5.56. The number of aromatic amines is 1. The second-order valence-electron chi connectivity index (χ2n) is 3.87. The Balaban J connectivity index is 2.17. The molecule has 0 amide bonds. The molecule has 1 aromatic carbocycles. The average Bonchev–Trinajstić information content (AvgIpc) is 2.74. The maximum Gasteiger partial charge on any atom is 0.0457 e. The number of nitrogens with two attached hydrogens (primary N) is 1. The highest BCUT2D eigenvalue weighted by Crippen LogP contribution is 2.16. The normalized spacial score (nSPS) is 13.2. The van der Waals surface area contributed by atoms with Crippen molar-refractivity contribution in [3.8, 4) is 0 Å². The molecule has 0 aliphatic heterocycles. The zero-order chi connectivity index (χ0) is 10.7. The van der Waals surface area contributed by atoms with Crippen LogP contribution in [0.25, 0.3) is 10.9 Å². The Morgan fingerprint density at radius 3 is 3.07 bits per heavy atom. The summed E-state index contributed by atoms with van der Waals surface area (Å²) in [5.74, 6) is 0. The number of hydrogen-bond donors (Lipinski definition) is 3. The lowest BCUT2D eigenvalue weighted by atomic mass is 10.1. The zero-order valence-corrected chi connectivity index (χ0v) is 8.96. The number of rotatable bonds is 4. The van der Waals surface area contributed by atoms with Crippen molar-refractivity contribution in [3.63, 3.8) is 0 Å². The third-order valence-electron chi connectivity index (χ3n) is 2.68. The van der Waals surface area contributed by atoms with Crippen LogP contribution >= 0.6 is 0 Å². The summed E-state index contributed by atoms with van der Waals surface area (Å²) in [7, 11) is 0. The molecule has 1 heterocycles. The number of hydrogen-bond acceptors (Lipinski definition) is 2. The van der Waals surface area contributed by atoms with Crippen LogP contribution in [-0.2, 0) is 6.54 Å². The van der Waals surface area contributed by atoms with Crippen LogP contribution in [0.3, 0.4) is 0 Å². The zero-order valence-electron chi connectivity index (χ0n) is 8.96. The summed E-state index contributed by atoms with van der Waals surface area (Å²) >= 11 is 0. The smallest absolute Gasteiger partial charge is 0.0457 e. The van der Waals surface area contributed by atoms with E-state index < -0.39 is 0 Å². The second kappa shape index (κ2) is 4.47. The van der Waals surface area contributed by atoms with Gasteiger partial charge in [-0.2, -0.15) is 0 Å². The van der Waals surface area contributed by atoms with Crippen LogP contribution in [0.1, 0.15) is 12.5 Å². The number of fused-ring (bicyclic) bond motifs is 1. The first-order valence-electron chi connectivity index (χ1n) is 5.29. The van der Waals surface area contributed by atoms with Crippen molar-refractivity contribution in [2.75, 3.05) is 6.54 Å². The molecular formula is C12H17N3. The molecule has 3 heteroatoms. The van der Waals surface area contributed by atoms with E-state index in [0.29, 0.717) is 12.6 Å². The van der Waals surface area contributed by atoms with Gasteiger partial charge in [0.25, 0.3) is 0 Å². The van der Waals surface area contributed by atoms with Crippen molar-refractivity contribution in [2.24, 2.45) is 5.73 Å². The van der Waals surface area contributed by atoms with E-state index in [4.69, 9.17) is 5.73 Å². The fourth-order valence-corrected chi connectivity index (χ4v) is 1.67. The first kappa shape index (κ1) is 10.2. The van der Waals surface area contributed by atoms with E-state index in [9.17, 15) is 0 Å². The van der Waals surface area contributed by atoms with E-state index in [-0.39, 0.29) is 0 Å². The van der Waals surface area contributed by atoms with Crippen molar-refractivity contribution in [1.82, 2.24) is 10.3 Å². The average molecular weight is 203 g/mol. The van der Waals surface area contributed by atoms with E-state index in [0.717, 1.165) is 6.54 Å². The molecule has 4 N–H and O–H groups in total. The SMILES string of the molecule is C[C@H](CN)NCc1cccc2[nH]ccc12. The van der Waals surface area contributed by atoms with Gasteiger partial charge in [0.1, 0.15) is 0 Å². The minimum Gasteiger partial charge on any atom is -0.361 e. The molecule has 0 spiro atoms. The van der Waals surface area contributed by atoms with Crippen LogP contribution in [0.2, 0.25) is 0 Å². The minimum absolute atomic E-state index is 0.360. The highest BCUT2D eigenvalue weighted by Gasteiger charge is 2.02. The van der Waals surface area contributed by atoms with Gasteiger partial charge in [-0.25, -0.2) is 0 Å². The Hall–Kier alpha value is -1.32. The number of nitrogens with one attached hydrogen (secondary N) is 2. The van der Waals surface area contributed by atoms with Crippen LogP contribution in [-0.4, -0.2) is 17.6 Å². The lowest BCUT2D eigenvalue weighted by molar-refractivity contribution is 0.558. The Labute approximate surface area is 89.7 Å². The van der Waals surface area contributed by atoms with Crippen LogP contribution in [0, 0.1) is 0 Å². The van der Waals surface area contributed by atoms with Gasteiger partial charge in [-0.1, -0.05) is 12.1 Å². The highest BCUT2D eigenvalue weighted by atomic mass is 14.9. The van der Waals surface area contributed by atoms with Crippen molar-refractivity contribution >= 4 is 10.9 Å². The van der Waals surface area contributed by atoms with E-state index in [1.807, 2.05) is 6.20 Å². The molecule has 1 aromatic heterocycles. The molecule has 0 aliphatic rings. The van der Waals surface area contributed by atoms with Crippen LogP contribution in [0.4, 0.5) is 0 Å². The number of aromatic nitrogens is 1. The number of benzene rings is 1. The first-order chi connectivity index (χ1) is 7.31. The largest absolute Gasteiger partial charge is 0.361 e. The molecule has 0 radical (unpaired) electrons. The molecule has 0 fully saturated rings. The van der Waals surface area contributed by atoms with Gasteiger partial charge in [0.15, 0.2) is 0 Å². The van der Waals surface area contributed by atoms with Crippen LogP contribution in [0.5, 0.6) is 0 Å². The van der Waals surface area contributed by atoms with Gasteiger partial charge >= 0.3 is 0 Å². The van der Waals surface area contributed by atoms with Gasteiger partial charge in [-0.3, -0.25) is 0 Å². The van der Waals surface area contributed by atoms with Gasteiger partial charge in [0.05, 0.1) is 0 Å². The third-order valence-corrected chi connectivity index (χ3v) is 2.68. The summed E-state index contributed by atoms with van der Waals surface area (Å²) in [6.07, 6.45) is 1.97. The van der Waals surface area contributed by atoms with Gasteiger partial charge in [0.2, 0.25) is 0 Å². The predicted molar refractivity (Wildman–Crippen MR) is 63.7 cm³/mol. The summed E-state index contributed by atoms with van der Waals surface area (Å²) < 4.78 is 0. The molecule has 2 rings (SSSR count). The summed E-state index contributed by atoms with van der Waals surface area (Å²) in [4.78, 5) is 3.21. The number of H-pyrrole nitrogens is 1.